The van der Waals surface area contributed by atoms with E-state index >= 15 is 0 Å². The normalized spacial score (nSPS) is 8.26. The molecule has 0 aliphatic carbocycles. The fraction of sp³-hybridized carbons (Fsp3) is 0.0952. The van der Waals surface area contributed by atoms with Gasteiger partial charge >= 0.3 is 21.7 Å². The first kappa shape index (κ1) is 26.6. The average molecular weight is 353 g/mol. The molecule has 0 saturated heterocycles. The van der Waals surface area contributed by atoms with Crippen LogP contribution in [0.5, 0.6) is 0 Å². The Kier molecular flexibility index (Phi) is 14.1. The van der Waals surface area contributed by atoms with E-state index in [1.54, 1.807) is 0 Å². The van der Waals surface area contributed by atoms with Crippen molar-refractivity contribution in [1.29, 1.82) is 0 Å². The summed E-state index contributed by atoms with van der Waals surface area (Å²) in [6.45, 7) is 11.2. The number of fused-ring (bicyclic) bond motifs is 3. The first-order valence-corrected chi connectivity index (χ1v) is 6.44. The van der Waals surface area contributed by atoms with Gasteiger partial charge in [0.2, 0.25) is 0 Å². The number of hydrogen-bond acceptors (Lipinski definition) is 0. The van der Waals surface area contributed by atoms with Gasteiger partial charge in [-0.2, -0.15) is 0 Å². The Balaban J connectivity index is -0.000000359. The molecule has 3 rings (SSSR count). The maximum Gasteiger partial charge on any atom is 3.00 e. The molecule has 0 atom stereocenters. The Labute approximate surface area is 161 Å². The van der Waals surface area contributed by atoms with Crippen LogP contribution in [0.4, 0.5) is 0 Å². The quantitative estimate of drug-likeness (QED) is 0.271. The Morgan fingerprint density at radius 3 is 1.35 bits per heavy atom. The number of hydrogen-bond donors (Lipinski definition) is 0. The van der Waals surface area contributed by atoms with Crippen LogP contribution >= 0.6 is 0 Å². The summed E-state index contributed by atoms with van der Waals surface area (Å²) in [5.41, 5.74) is 2.13. The first-order chi connectivity index (χ1) is 9.09. The van der Waals surface area contributed by atoms with Crippen molar-refractivity contribution >= 4 is 32.5 Å². The van der Waals surface area contributed by atoms with Crippen LogP contribution in [-0.2, 0) is 21.7 Å². The average Bonchev–Trinajstić information content (AvgIpc) is 2.78. The summed E-state index contributed by atoms with van der Waals surface area (Å²) in [6.07, 6.45) is 0. The molecule has 0 bridgehead atoms. The van der Waals surface area contributed by atoms with Crippen LogP contribution in [0.25, 0.3) is 21.5 Å². The molecule has 0 unspecified atom stereocenters. The van der Waals surface area contributed by atoms with Crippen LogP contribution in [-0.4, -0.2) is 11.0 Å². The molecule has 0 N–H and O–H groups in total. The van der Waals surface area contributed by atoms with Crippen LogP contribution in [0.1, 0.15) is 13.8 Å². The second-order valence-corrected chi connectivity index (χ2v) is 4.88. The first-order valence-electron chi connectivity index (χ1n) is 6.44. The SMILES string of the molecule is C=C(C)C(=C)C.[CH3-].[CH3-].[Si].[Ti+3].c1ccc2c(c1)[cH-]c1ccccc12. The number of rotatable bonds is 1. The van der Waals surface area contributed by atoms with Crippen molar-refractivity contribution in [3.63, 3.8) is 0 Å². The van der Waals surface area contributed by atoms with Gasteiger partial charge in [0.15, 0.2) is 0 Å². The van der Waals surface area contributed by atoms with E-state index in [1.807, 2.05) is 13.8 Å². The summed E-state index contributed by atoms with van der Waals surface area (Å²) in [5.74, 6) is 0. The van der Waals surface area contributed by atoms with Gasteiger partial charge in [0, 0.05) is 11.0 Å². The molecule has 0 nitrogen and oxygen atoms in total. The van der Waals surface area contributed by atoms with E-state index in [9.17, 15) is 0 Å². The molecular weight excluding hydrogens is 328 g/mol. The molecule has 3 aromatic rings. The predicted molar refractivity (Wildman–Crippen MR) is 105 cm³/mol. The van der Waals surface area contributed by atoms with Gasteiger partial charge in [-0.25, -0.2) is 0 Å². The standard InChI is InChI=1S/C13H9.C6H10.2CH3.Si.Ti/c1-3-7-12-10(5-1)9-11-6-2-4-8-13(11)12;1-5(2)6(3)4;;;;/h1-9H;1,3H2,2,4H3;2*1H3;;/q-1;;2*-1;;+3. The maximum absolute atomic E-state index is 3.66. The molecule has 0 aromatic heterocycles. The monoisotopic (exact) mass is 353 g/mol. The van der Waals surface area contributed by atoms with E-state index in [2.05, 4.69) is 67.8 Å². The van der Waals surface area contributed by atoms with E-state index < -0.39 is 0 Å². The van der Waals surface area contributed by atoms with Gasteiger partial charge in [0.25, 0.3) is 0 Å². The third-order valence-corrected chi connectivity index (χ3v) is 3.25. The van der Waals surface area contributed by atoms with Gasteiger partial charge in [0.05, 0.1) is 0 Å². The minimum Gasteiger partial charge on any atom is -0.358 e. The minimum absolute atomic E-state index is 0. The molecule has 23 heavy (non-hydrogen) atoms. The summed E-state index contributed by atoms with van der Waals surface area (Å²) < 4.78 is 0. The summed E-state index contributed by atoms with van der Waals surface area (Å²) in [6, 6.07) is 19.3. The third kappa shape index (κ3) is 6.78. The number of allylic oxidation sites excluding steroid dienone is 2. The Hall–Kier alpha value is -1.28. The van der Waals surface area contributed by atoms with E-state index in [4.69, 9.17) is 0 Å². The van der Waals surface area contributed by atoms with Crippen molar-refractivity contribution in [2.45, 2.75) is 13.8 Å². The minimum atomic E-state index is 0. The van der Waals surface area contributed by atoms with Gasteiger partial charge in [-0.1, -0.05) is 60.7 Å². The fourth-order valence-electron chi connectivity index (χ4n) is 1.90. The second-order valence-electron chi connectivity index (χ2n) is 4.88. The van der Waals surface area contributed by atoms with E-state index in [1.165, 1.54) is 21.5 Å². The van der Waals surface area contributed by atoms with Crippen molar-refractivity contribution in [3.8, 4) is 0 Å². The molecular formula is C21H25SiTi. The zero-order valence-corrected chi connectivity index (χ0v) is 17.2. The van der Waals surface area contributed by atoms with E-state index in [0.717, 1.165) is 11.1 Å². The molecule has 3 aromatic carbocycles. The fourth-order valence-corrected chi connectivity index (χ4v) is 1.90. The predicted octanol–water partition coefficient (Wildman–Crippen LogP) is 6.37. The third-order valence-electron chi connectivity index (χ3n) is 3.25. The topological polar surface area (TPSA) is 0 Å². The largest absolute Gasteiger partial charge is 3.00 e. The van der Waals surface area contributed by atoms with Gasteiger partial charge < -0.3 is 14.9 Å². The zero-order chi connectivity index (χ0) is 13.8. The smallest absolute Gasteiger partial charge is 0.358 e. The molecule has 0 saturated carbocycles. The van der Waals surface area contributed by atoms with E-state index in [0.29, 0.717) is 0 Å². The Morgan fingerprint density at radius 2 is 1.04 bits per heavy atom. The molecule has 0 spiro atoms. The van der Waals surface area contributed by atoms with Crippen LogP contribution < -0.4 is 0 Å². The van der Waals surface area contributed by atoms with Crippen molar-refractivity contribution in [3.05, 3.63) is 93.8 Å². The van der Waals surface area contributed by atoms with Crippen molar-refractivity contribution in [2.75, 3.05) is 0 Å². The van der Waals surface area contributed by atoms with Gasteiger partial charge in [-0.05, 0) is 13.8 Å². The van der Waals surface area contributed by atoms with Crippen LogP contribution in [0.2, 0.25) is 0 Å². The summed E-state index contributed by atoms with van der Waals surface area (Å²) in [4.78, 5) is 0. The summed E-state index contributed by atoms with van der Waals surface area (Å²) in [5, 5.41) is 5.39. The molecule has 0 aliphatic heterocycles. The van der Waals surface area contributed by atoms with Crippen molar-refractivity contribution in [1.82, 2.24) is 0 Å². The second kappa shape index (κ2) is 12.2. The van der Waals surface area contributed by atoms with Crippen molar-refractivity contribution < 1.29 is 21.7 Å². The Morgan fingerprint density at radius 1 is 0.739 bits per heavy atom. The molecule has 5 radical (unpaired) electrons. The number of benzene rings is 2. The van der Waals surface area contributed by atoms with Crippen LogP contribution in [0, 0.1) is 14.9 Å². The maximum atomic E-state index is 3.66. The van der Waals surface area contributed by atoms with Crippen LogP contribution in [0.3, 0.4) is 0 Å². The molecule has 0 heterocycles. The summed E-state index contributed by atoms with van der Waals surface area (Å²) in [7, 11) is 0. The molecule has 0 aliphatic rings. The van der Waals surface area contributed by atoms with Crippen LogP contribution in [0.15, 0.2) is 78.9 Å². The van der Waals surface area contributed by atoms with Crippen molar-refractivity contribution in [2.24, 2.45) is 0 Å². The molecule has 2 heteroatoms. The van der Waals surface area contributed by atoms with Gasteiger partial charge in [0.1, 0.15) is 0 Å². The molecule has 0 fully saturated rings. The van der Waals surface area contributed by atoms with Gasteiger partial charge in [-0.3, -0.25) is 0 Å². The molecule has 117 valence electrons. The Bertz CT molecular complexity index is 675. The zero-order valence-electron chi connectivity index (χ0n) is 14.6. The summed E-state index contributed by atoms with van der Waals surface area (Å²) >= 11 is 0. The van der Waals surface area contributed by atoms with E-state index in [-0.39, 0.29) is 47.5 Å². The molecule has 0 amide bonds. The van der Waals surface area contributed by atoms with Gasteiger partial charge in [-0.15, -0.1) is 39.7 Å².